The third-order valence-corrected chi connectivity index (χ3v) is 3.21. The van der Waals surface area contributed by atoms with Crippen LogP contribution < -0.4 is 0 Å². The molecule has 0 unspecified atom stereocenters. The molecule has 0 amide bonds. The molecule has 1 N–H and O–H groups in total. The summed E-state index contributed by atoms with van der Waals surface area (Å²) in [6, 6.07) is 0. The second-order valence-electron chi connectivity index (χ2n) is 4.82. The van der Waals surface area contributed by atoms with Crippen molar-refractivity contribution in [1.82, 2.24) is 0 Å². The second kappa shape index (κ2) is 6.23. The quantitative estimate of drug-likeness (QED) is 0.680. The smallest absolute Gasteiger partial charge is 0.0571 e. The van der Waals surface area contributed by atoms with E-state index in [0.29, 0.717) is 5.92 Å². The highest BCUT2D eigenvalue weighted by Crippen LogP contribution is 2.28. The van der Waals surface area contributed by atoms with E-state index in [9.17, 15) is 5.11 Å². The van der Waals surface area contributed by atoms with E-state index in [1.54, 1.807) is 0 Å². The first-order valence-corrected chi connectivity index (χ1v) is 6.01. The van der Waals surface area contributed by atoms with Gasteiger partial charge in [-0.25, -0.2) is 0 Å². The highest BCUT2D eigenvalue weighted by atomic mass is 16.3. The van der Waals surface area contributed by atoms with Crippen LogP contribution in [0, 0.1) is 5.92 Å². The zero-order valence-electron chi connectivity index (χ0n) is 9.63. The Hall–Kier alpha value is -0.300. The molecular weight excluding hydrogens is 172 g/mol. The molecule has 1 aliphatic rings. The van der Waals surface area contributed by atoms with Crippen LogP contribution in [0.15, 0.2) is 11.6 Å². The van der Waals surface area contributed by atoms with Gasteiger partial charge >= 0.3 is 0 Å². The molecule has 0 aliphatic heterocycles. The van der Waals surface area contributed by atoms with Crippen molar-refractivity contribution in [1.29, 1.82) is 0 Å². The van der Waals surface area contributed by atoms with Gasteiger partial charge in [-0.1, -0.05) is 30.9 Å². The van der Waals surface area contributed by atoms with E-state index in [2.05, 4.69) is 19.9 Å². The number of hydrogen-bond acceptors (Lipinski definition) is 1. The summed E-state index contributed by atoms with van der Waals surface area (Å²) in [5.41, 5.74) is 1.36. The summed E-state index contributed by atoms with van der Waals surface area (Å²) in [6.07, 6.45) is 10.7. The van der Waals surface area contributed by atoms with E-state index < -0.39 is 0 Å². The average Bonchev–Trinajstić information content (AvgIpc) is 2.18. The molecule has 1 saturated carbocycles. The standard InChI is InChI=1S/C13H24O/c1-11(2)7-6-10-13(14)12-8-4-3-5-9-12/h7,12-14H,3-6,8-10H2,1-2H3/t13-/m1/s1. The van der Waals surface area contributed by atoms with Crippen molar-refractivity contribution in [3.8, 4) is 0 Å². The maximum Gasteiger partial charge on any atom is 0.0571 e. The molecule has 1 atom stereocenters. The summed E-state index contributed by atoms with van der Waals surface area (Å²) in [5.74, 6) is 0.592. The first-order valence-electron chi connectivity index (χ1n) is 6.01. The highest BCUT2D eigenvalue weighted by Gasteiger charge is 2.20. The van der Waals surface area contributed by atoms with E-state index in [1.807, 2.05) is 0 Å². The molecule has 1 aliphatic carbocycles. The fourth-order valence-corrected chi connectivity index (χ4v) is 2.30. The fraction of sp³-hybridized carbons (Fsp3) is 0.846. The Morgan fingerprint density at radius 2 is 1.93 bits per heavy atom. The number of allylic oxidation sites excluding steroid dienone is 2. The Morgan fingerprint density at radius 3 is 2.50 bits per heavy atom. The summed E-state index contributed by atoms with van der Waals surface area (Å²) < 4.78 is 0. The molecule has 0 saturated heterocycles. The van der Waals surface area contributed by atoms with Gasteiger partial charge in [-0.3, -0.25) is 0 Å². The summed E-state index contributed by atoms with van der Waals surface area (Å²) in [6.45, 7) is 4.24. The van der Waals surface area contributed by atoms with E-state index in [0.717, 1.165) is 12.8 Å². The topological polar surface area (TPSA) is 20.2 Å². The third kappa shape index (κ3) is 4.28. The van der Waals surface area contributed by atoms with Crippen LogP contribution >= 0.6 is 0 Å². The Balaban J connectivity index is 2.19. The Morgan fingerprint density at radius 1 is 1.29 bits per heavy atom. The fourth-order valence-electron chi connectivity index (χ4n) is 2.30. The van der Waals surface area contributed by atoms with Crippen LogP contribution in [0.4, 0.5) is 0 Å². The number of aliphatic hydroxyl groups excluding tert-OH is 1. The van der Waals surface area contributed by atoms with Crippen LogP contribution in [0.2, 0.25) is 0 Å². The van der Waals surface area contributed by atoms with Crippen LogP contribution in [0.3, 0.4) is 0 Å². The molecule has 0 aromatic carbocycles. The molecule has 14 heavy (non-hydrogen) atoms. The minimum Gasteiger partial charge on any atom is -0.393 e. The summed E-state index contributed by atoms with van der Waals surface area (Å²) in [7, 11) is 0. The van der Waals surface area contributed by atoms with Crippen molar-refractivity contribution in [2.24, 2.45) is 5.92 Å². The lowest BCUT2D eigenvalue weighted by molar-refractivity contribution is 0.0781. The van der Waals surface area contributed by atoms with Crippen molar-refractivity contribution >= 4 is 0 Å². The summed E-state index contributed by atoms with van der Waals surface area (Å²) in [4.78, 5) is 0. The molecule has 1 heteroatoms. The molecule has 0 radical (unpaired) electrons. The number of rotatable bonds is 4. The van der Waals surface area contributed by atoms with Crippen molar-refractivity contribution < 1.29 is 5.11 Å². The van der Waals surface area contributed by atoms with Crippen molar-refractivity contribution in [3.05, 3.63) is 11.6 Å². The molecule has 1 nitrogen and oxygen atoms in total. The van der Waals surface area contributed by atoms with Gasteiger partial charge in [-0.05, 0) is 45.4 Å². The summed E-state index contributed by atoms with van der Waals surface area (Å²) >= 11 is 0. The van der Waals surface area contributed by atoms with Crippen molar-refractivity contribution in [3.63, 3.8) is 0 Å². The first-order chi connectivity index (χ1) is 6.70. The lowest BCUT2D eigenvalue weighted by Gasteiger charge is -2.26. The van der Waals surface area contributed by atoms with E-state index in [1.165, 1.54) is 37.7 Å². The molecule has 82 valence electrons. The maximum atomic E-state index is 9.96. The minimum absolute atomic E-state index is 0.0501. The molecule has 1 rings (SSSR count). The third-order valence-electron chi connectivity index (χ3n) is 3.21. The lowest BCUT2D eigenvalue weighted by Crippen LogP contribution is -2.22. The minimum atomic E-state index is -0.0501. The van der Waals surface area contributed by atoms with Gasteiger partial charge in [0.25, 0.3) is 0 Å². The lowest BCUT2D eigenvalue weighted by atomic mass is 9.84. The molecule has 0 bridgehead atoms. The zero-order valence-corrected chi connectivity index (χ0v) is 9.63. The first kappa shape index (κ1) is 11.8. The Labute approximate surface area is 88.2 Å². The van der Waals surface area contributed by atoms with E-state index in [-0.39, 0.29) is 6.10 Å². The highest BCUT2D eigenvalue weighted by molar-refractivity contribution is 4.93. The molecule has 1 fully saturated rings. The Kier molecular flexibility index (Phi) is 5.24. The Bertz CT molecular complexity index is 174. The molecule has 0 aromatic rings. The van der Waals surface area contributed by atoms with E-state index in [4.69, 9.17) is 0 Å². The molecular formula is C13H24O. The predicted octanol–water partition coefficient (Wildman–Crippen LogP) is 3.67. The number of aliphatic hydroxyl groups is 1. The van der Waals surface area contributed by atoms with Crippen LogP contribution in [-0.2, 0) is 0 Å². The maximum absolute atomic E-state index is 9.96. The second-order valence-corrected chi connectivity index (χ2v) is 4.82. The van der Waals surface area contributed by atoms with Crippen LogP contribution in [0.1, 0.15) is 58.8 Å². The van der Waals surface area contributed by atoms with Gasteiger partial charge in [0.2, 0.25) is 0 Å². The largest absolute Gasteiger partial charge is 0.393 e. The van der Waals surface area contributed by atoms with Crippen LogP contribution in [0.25, 0.3) is 0 Å². The van der Waals surface area contributed by atoms with Crippen LogP contribution in [-0.4, -0.2) is 11.2 Å². The monoisotopic (exact) mass is 196 g/mol. The molecule has 0 heterocycles. The molecule has 0 aromatic heterocycles. The van der Waals surface area contributed by atoms with E-state index >= 15 is 0 Å². The number of hydrogen-bond donors (Lipinski definition) is 1. The van der Waals surface area contributed by atoms with Crippen molar-refractivity contribution in [2.45, 2.75) is 64.9 Å². The van der Waals surface area contributed by atoms with Crippen LogP contribution in [0.5, 0.6) is 0 Å². The predicted molar refractivity (Wildman–Crippen MR) is 61.2 cm³/mol. The van der Waals surface area contributed by atoms with Gasteiger partial charge in [-0.15, -0.1) is 0 Å². The van der Waals surface area contributed by atoms with Gasteiger partial charge in [0.05, 0.1) is 6.10 Å². The van der Waals surface area contributed by atoms with Crippen molar-refractivity contribution in [2.75, 3.05) is 0 Å². The average molecular weight is 196 g/mol. The zero-order chi connectivity index (χ0) is 10.4. The SMILES string of the molecule is CC(C)=CCC[C@@H](O)C1CCCCC1. The van der Waals surface area contributed by atoms with Gasteiger partial charge in [-0.2, -0.15) is 0 Å². The van der Waals surface area contributed by atoms with Gasteiger partial charge in [0.1, 0.15) is 0 Å². The van der Waals surface area contributed by atoms with Gasteiger partial charge in [0.15, 0.2) is 0 Å². The normalized spacial score (nSPS) is 20.5. The summed E-state index contributed by atoms with van der Waals surface area (Å²) in [5, 5.41) is 9.96. The van der Waals surface area contributed by atoms with Gasteiger partial charge in [0, 0.05) is 0 Å². The molecule has 0 spiro atoms. The van der Waals surface area contributed by atoms with Gasteiger partial charge < -0.3 is 5.11 Å².